The second-order valence-electron chi connectivity index (χ2n) is 7.31. The fourth-order valence-corrected chi connectivity index (χ4v) is 5.76. The van der Waals surface area contributed by atoms with Gasteiger partial charge in [-0.1, -0.05) is 30.3 Å². The monoisotopic (exact) mass is 360 g/mol. The van der Waals surface area contributed by atoms with Gasteiger partial charge in [0, 0.05) is 24.4 Å². The molecular formula is C21H20N4S. The summed E-state index contributed by atoms with van der Waals surface area (Å²) in [5.74, 6) is 1.11. The molecule has 0 radical (unpaired) electrons. The molecule has 0 N–H and O–H groups in total. The number of anilines is 1. The molecule has 0 saturated carbocycles. The number of aryl methyl sites for hydroxylation is 1. The van der Waals surface area contributed by atoms with Gasteiger partial charge in [0.25, 0.3) is 0 Å². The van der Waals surface area contributed by atoms with Gasteiger partial charge < -0.3 is 4.90 Å². The lowest BCUT2D eigenvalue weighted by Crippen LogP contribution is -2.31. The summed E-state index contributed by atoms with van der Waals surface area (Å²) in [4.78, 5) is 14.0. The molecule has 1 unspecified atom stereocenters. The fraction of sp³-hybridized carbons (Fsp3) is 0.381. The number of hydrogen-bond donors (Lipinski definition) is 0. The molecule has 1 atom stereocenters. The fourth-order valence-electron chi connectivity index (χ4n) is 4.46. The first-order chi connectivity index (χ1) is 12.8. The van der Waals surface area contributed by atoms with E-state index in [0.29, 0.717) is 0 Å². The Kier molecular flexibility index (Phi) is 3.68. The lowest BCUT2D eigenvalue weighted by atomic mass is 9.70. The number of nitrogens with zero attached hydrogens (tertiary/aromatic N) is 4. The second-order valence-corrected chi connectivity index (χ2v) is 8.40. The van der Waals surface area contributed by atoms with Crippen LogP contribution in [0.15, 0.2) is 36.7 Å². The zero-order chi connectivity index (χ0) is 17.6. The van der Waals surface area contributed by atoms with E-state index in [1.807, 2.05) is 18.2 Å². The summed E-state index contributed by atoms with van der Waals surface area (Å²) in [6.07, 6.45) is 6.75. The zero-order valence-corrected chi connectivity index (χ0v) is 15.4. The van der Waals surface area contributed by atoms with Crippen LogP contribution < -0.4 is 4.90 Å². The summed E-state index contributed by atoms with van der Waals surface area (Å²) in [6.45, 7) is 2.17. The third-order valence-corrected chi connectivity index (χ3v) is 7.00. The first-order valence-electron chi connectivity index (χ1n) is 9.28. The maximum Gasteiger partial charge on any atom is 0.141 e. The summed E-state index contributed by atoms with van der Waals surface area (Å²) in [7, 11) is 0. The van der Waals surface area contributed by atoms with Crippen LogP contribution in [0.3, 0.4) is 0 Å². The molecule has 130 valence electrons. The van der Waals surface area contributed by atoms with Gasteiger partial charge in [0.1, 0.15) is 17.0 Å². The van der Waals surface area contributed by atoms with Crippen molar-refractivity contribution in [2.24, 2.45) is 0 Å². The van der Waals surface area contributed by atoms with Crippen molar-refractivity contribution in [2.45, 2.75) is 37.5 Å². The molecule has 1 aliphatic carbocycles. The van der Waals surface area contributed by atoms with E-state index in [0.717, 1.165) is 48.6 Å². The van der Waals surface area contributed by atoms with Crippen LogP contribution in [0.2, 0.25) is 0 Å². The number of nitriles is 1. The molecule has 2 aromatic heterocycles. The van der Waals surface area contributed by atoms with Crippen LogP contribution in [0.5, 0.6) is 0 Å². The van der Waals surface area contributed by atoms with Gasteiger partial charge in [-0.05, 0) is 36.8 Å². The molecular weight excluding hydrogens is 340 g/mol. The van der Waals surface area contributed by atoms with E-state index in [1.165, 1.54) is 28.7 Å². The summed E-state index contributed by atoms with van der Waals surface area (Å²) < 4.78 is 0. The Labute approximate surface area is 157 Å². The molecule has 0 amide bonds. The Hall–Kier alpha value is -2.45. The number of benzene rings is 1. The largest absolute Gasteiger partial charge is 0.356 e. The van der Waals surface area contributed by atoms with Crippen molar-refractivity contribution in [3.8, 4) is 6.07 Å². The van der Waals surface area contributed by atoms with E-state index in [2.05, 4.69) is 33.1 Å². The van der Waals surface area contributed by atoms with Gasteiger partial charge in [0.15, 0.2) is 0 Å². The molecule has 0 bridgehead atoms. The van der Waals surface area contributed by atoms with Gasteiger partial charge in [0.05, 0.1) is 16.9 Å². The van der Waals surface area contributed by atoms with E-state index in [4.69, 9.17) is 0 Å². The minimum atomic E-state index is -0.420. The van der Waals surface area contributed by atoms with Crippen LogP contribution in [0.4, 0.5) is 5.82 Å². The highest BCUT2D eigenvalue weighted by molar-refractivity contribution is 7.19. The summed E-state index contributed by atoms with van der Waals surface area (Å²) in [5.41, 5.74) is 2.10. The van der Waals surface area contributed by atoms with Crippen LogP contribution >= 0.6 is 11.3 Å². The van der Waals surface area contributed by atoms with Crippen LogP contribution in [0.1, 0.15) is 35.3 Å². The van der Waals surface area contributed by atoms with Crippen LogP contribution in [-0.2, 0) is 18.3 Å². The van der Waals surface area contributed by atoms with Crippen molar-refractivity contribution in [1.82, 2.24) is 9.97 Å². The molecule has 1 aromatic carbocycles. The molecule has 5 heteroatoms. The minimum absolute atomic E-state index is 0.420. The molecule has 26 heavy (non-hydrogen) atoms. The molecule has 4 nitrogen and oxygen atoms in total. The Morgan fingerprint density at radius 2 is 1.92 bits per heavy atom. The van der Waals surface area contributed by atoms with Gasteiger partial charge >= 0.3 is 0 Å². The van der Waals surface area contributed by atoms with E-state index in [1.54, 1.807) is 17.7 Å². The van der Waals surface area contributed by atoms with Crippen molar-refractivity contribution in [3.05, 3.63) is 52.7 Å². The highest BCUT2D eigenvalue weighted by atomic mass is 32.1. The quantitative estimate of drug-likeness (QED) is 0.686. The minimum Gasteiger partial charge on any atom is -0.356 e. The maximum atomic E-state index is 10.0. The zero-order valence-electron chi connectivity index (χ0n) is 14.6. The Morgan fingerprint density at radius 3 is 2.69 bits per heavy atom. The van der Waals surface area contributed by atoms with Gasteiger partial charge in [-0.25, -0.2) is 9.97 Å². The predicted octanol–water partition coefficient (Wildman–Crippen LogP) is 4.24. The van der Waals surface area contributed by atoms with E-state index in [-0.39, 0.29) is 0 Å². The summed E-state index contributed by atoms with van der Waals surface area (Å²) >= 11 is 1.76. The van der Waals surface area contributed by atoms with Gasteiger partial charge in [-0.15, -0.1) is 11.3 Å². The van der Waals surface area contributed by atoms with E-state index < -0.39 is 5.41 Å². The molecule has 3 aromatic rings. The van der Waals surface area contributed by atoms with Crippen molar-refractivity contribution in [2.75, 3.05) is 18.0 Å². The van der Waals surface area contributed by atoms with Crippen LogP contribution in [-0.4, -0.2) is 23.1 Å². The van der Waals surface area contributed by atoms with Crippen molar-refractivity contribution >= 4 is 27.4 Å². The summed E-state index contributed by atoms with van der Waals surface area (Å²) in [5, 5.41) is 11.3. The first-order valence-corrected chi connectivity index (χ1v) is 10.1. The number of fused-ring (bicyclic) bond motifs is 3. The molecule has 5 rings (SSSR count). The average Bonchev–Trinajstić information content (AvgIpc) is 3.35. The summed E-state index contributed by atoms with van der Waals surface area (Å²) in [6, 6.07) is 12.9. The standard InChI is InChI=1S/C21H20N4S/c22-13-21(15-6-2-1-3-7-15)9-8-16-17(12-21)26-20-18(16)19(23-14-24-20)25-10-4-5-11-25/h1-3,6-7,14H,4-5,8-12H2. The van der Waals surface area contributed by atoms with Crippen molar-refractivity contribution in [1.29, 1.82) is 5.26 Å². The molecule has 0 spiro atoms. The van der Waals surface area contributed by atoms with Gasteiger partial charge in [-0.2, -0.15) is 5.26 Å². The number of hydrogen-bond acceptors (Lipinski definition) is 5. The maximum absolute atomic E-state index is 10.0. The molecule has 1 fully saturated rings. The highest BCUT2D eigenvalue weighted by Crippen LogP contribution is 2.46. The normalized spacial score (nSPS) is 22.3. The van der Waals surface area contributed by atoms with Crippen LogP contribution in [0, 0.1) is 11.3 Å². The number of aromatic nitrogens is 2. The smallest absolute Gasteiger partial charge is 0.141 e. The molecule has 1 aliphatic heterocycles. The first kappa shape index (κ1) is 15.8. The Balaban J connectivity index is 1.62. The van der Waals surface area contributed by atoms with Gasteiger partial charge in [-0.3, -0.25) is 0 Å². The Morgan fingerprint density at radius 1 is 1.12 bits per heavy atom. The number of rotatable bonds is 2. The predicted molar refractivity (Wildman–Crippen MR) is 105 cm³/mol. The lowest BCUT2D eigenvalue weighted by molar-refractivity contribution is 0.480. The molecule has 2 aliphatic rings. The van der Waals surface area contributed by atoms with Crippen molar-refractivity contribution < 1.29 is 0 Å². The van der Waals surface area contributed by atoms with E-state index >= 15 is 0 Å². The average molecular weight is 360 g/mol. The SMILES string of the molecule is N#CC1(c2ccccc2)CCc2c(sc3ncnc(N4CCCC4)c23)C1. The molecule has 1 saturated heterocycles. The van der Waals surface area contributed by atoms with Crippen LogP contribution in [0.25, 0.3) is 10.2 Å². The third kappa shape index (κ3) is 2.33. The topological polar surface area (TPSA) is 52.8 Å². The lowest BCUT2D eigenvalue weighted by Gasteiger charge is -2.31. The second kappa shape index (κ2) is 6.07. The van der Waals surface area contributed by atoms with E-state index in [9.17, 15) is 5.26 Å². The highest BCUT2D eigenvalue weighted by Gasteiger charge is 2.39. The third-order valence-electron chi connectivity index (χ3n) is 5.86. The number of thiophene rings is 1. The molecule has 3 heterocycles. The Bertz CT molecular complexity index is 998. The van der Waals surface area contributed by atoms with Gasteiger partial charge in [0.2, 0.25) is 0 Å². The van der Waals surface area contributed by atoms with Crippen molar-refractivity contribution in [3.63, 3.8) is 0 Å².